The summed E-state index contributed by atoms with van der Waals surface area (Å²) in [6.45, 7) is 0. The van der Waals surface area contributed by atoms with Gasteiger partial charge in [-0.15, -0.1) is 0 Å². The van der Waals surface area contributed by atoms with Gasteiger partial charge in [0.05, 0.1) is 7.11 Å². The Morgan fingerprint density at radius 2 is 2.46 bits per heavy atom. The van der Waals surface area contributed by atoms with E-state index in [4.69, 9.17) is 9.47 Å². The average Bonchev–Trinajstić information content (AvgIpc) is 2.59. The van der Waals surface area contributed by atoms with Gasteiger partial charge in [0.1, 0.15) is 17.6 Å². The van der Waals surface area contributed by atoms with E-state index >= 15 is 0 Å². The number of alkyl halides is 1. The van der Waals surface area contributed by atoms with Crippen molar-refractivity contribution in [1.29, 1.82) is 0 Å². The fourth-order valence-corrected chi connectivity index (χ4v) is 2.07. The van der Waals surface area contributed by atoms with Crippen LogP contribution >= 0.6 is 22.6 Å². The third-order valence-corrected chi connectivity index (χ3v) is 3.19. The topological polar surface area (TPSA) is 18.5 Å². The molecule has 0 spiro atoms. The molecule has 0 aliphatic carbocycles. The molecule has 1 aromatic carbocycles. The number of fused-ring (bicyclic) bond motifs is 1. The van der Waals surface area contributed by atoms with E-state index in [-0.39, 0.29) is 0 Å². The molecule has 1 atom stereocenters. The highest BCUT2D eigenvalue weighted by Crippen LogP contribution is 2.35. The Kier molecular flexibility index (Phi) is 2.62. The first-order valence-corrected chi connectivity index (χ1v) is 5.76. The van der Waals surface area contributed by atoms with Crippen molar-refractivity contribution in [2.24, 2.45) is 0 Å². The van der Waals surface area contributed by atoms with Gasteiger partial charge in [0.15, 0.2) is 0 Å². The van der Waals surface area contributed by atoms with E-state index < -0.39 is 0 Å². The molecule has 1 unspecified atom stereocenters. The third-order valence-electron chi connectivity index (χ3n) is 2.21. The van der Waals surface area contributed by atoms with Crippen molar-refractivity contribution < 1.29 is 9.47 Å². The highest BCUT2D eigenvalue weighted by molar-refractivity contribution is 14.1. The van der Waals surface area contributed by atoms with Crippen LogP contribution in [0.15, 0.2) is 18.2 Å². The SMILES string of the molecule is COc1cccc2c1CC(CI)O2. The third kappa shape index (κ3) is 1.61. The molecule has 2 rings (SSSR count). The first-order chi connectivity index (χ1) is 6.35. The minimum absolute atomic E-state index is 0.326. The van der Waals surface area contributed by atoms with Gasteiger partial charge in [-0.05, 0) is 12.1 Å². The first kappa shape index (κ1) is 9.12. The van der Waals surface area contributed by atoms with Crippen LogP contribution in [-0.2, 0) is 6.42 Å². The predicted molar refractivity (Wildman–Crippen MR) is 60.0 cm³/mol. The second kappa shape index (κ2) is 3.74. The summed E-state index contributed by atoms with van der Waals surface area (Å²) >= 11 is 2.35. The van der Waals surface area contributed by atoms with Crippen molar-refractivity contribution in [2.75, 3.05) is 11.5 Å². The fraction of sp³-hybridized carbons (Fsp3) is 0.400. The molecule has 1 heterocycles. The van der Waals surface area contributed by atoms with Crippen LogP contribution in [0.3, 0.4) is 0 Å². The lowest BCUT2D eigenvalue weighted by molar-refractivity contribution is 0.262. The monoisotopic (exact) mass is 290 g/mol. The Bertz CT molecular complexity index is 312. The largest absolute Gasteiger partial charge is 0.496 e. The molecule has 0 amide bonds. The Hall–Kier alpha value is -0.450. The number of benzene rings is 1. The van der Waals surface area contributed by atoms with Gasteiger partial charge in [-0.25, -0.2) is 0 Å². The summed E-state index contributed by atoms with van der Waals surface area (Å²) in [5, 5.41) is 0. The minimum atomic E-state index is 0.326. The highest BCUT2D eigenvalue weighted by Gasteiger charge is 2.24. The fourth-order valence-electron chi connectivity index (χ4n) is 1.58. The Labute approximate surface area is 91.4 Å². The second-order valence-corrected chi connectivity index (χ2v) is 3.92. The normalized spacial score (nSPS) is 19.4. The molecule has 70 valence electrons. The van der Waals surface area contributed by atoms with Gasteiger partial charge in [-0.2, -0.15) is 0 Å². The van der Waals surface area contributed by atoms with Gasteiger partial charge in [0, 0.05) is 16.4 Å². The standard InChI is InChI=1S/C10H11IO2/c1-12-9-3-2-4-10-8(9)5-7(6-11)13-10/h2-4,7H,5-6H2,1H3. The van der Waals surface area contributed by atoms with Gasteiger partial charge < -0.3 is 9.47 Å². The summed E-state index contributed by atoms with van der Waals surface area (Å²) in [5.74, 6) is 1.94. The zero-order valence-electron chi connectivity index (χ0n) is 7.42. The molecule has 13 heavy (non-hydrogen) atoms. The number of hydrogen-bond donors (Lipinski definition) is 0. The summed E-state index contributed by atoms with van der Waals surface area (Å²) in [5.41, 5.74) is 1.21. The summed E-state index contributed by atoms with van der Waals surface area (Å²) < 4.78 is 12.0. The molecule has 2 nitrogen and oxygen atoms in total. The molecule has 0 fully saturated rings. The van der Waals surface area contributed by atoms with E-state index in [0.717, 1.165) is 22.3 Å². The van der Waals surface area contributed by atoms with Crippen molar-refractivity contribution in [1.82, 2.24) is 0 Å². The molecule has 1 aliphatic heterocycles. The molecule has 0 saturated heterocycles. The number of ether oxygens (including phenoxy) is 2. The Balaban J connectivity index is 2.33. The Morgan fingerprint density at radius 1 is 1.62 bits per heavy atom. The van der Waals surface area contributed by atoms with Crippen molar-refractivity contribution in [2.45, 2.75) is 12.5 Å². The van der Waals surface area contributed by atoms with Crippen LogP contribution in [-0.4, -0.2) is 17.6 Å². The zero-order chi connectivity index (χ0) is 9.26. The second-order valence-electron chi connectivity index (χ2n) is 3.04. The number of halogens is 1. The zero-order valence-corrected chi connectivity index (χ0v) is 9.58. The molecule has 0 bridgehead atoms. The lowest BCUT2D eigenvalue weighted by Crippen LogP contribution is -2.13. The van der Waals surface area contributed by atoms with Gasteiger partial charge in [0.25, 0.3) is 0 Å². The average molecular weight is 290 g/mol. The molecule has 0 radical (unpaired) electrons. The molecule has 0 N–H and O–H groups in total. The van der Waals surface area contributed by atoms with E-state index in [9.17, 15) is 0 Å². The molecular formula is C10H11IO2. The quantitative estimate of drug-likeness (QED) is 0.615. The van der Waals surface area contributed by atoms with Crippen molar-refractivity contribution in [3.05, 3.63) is 23.8 Å². The predicted octanol–water partition coefficient (Wildman–Crippen LogP) is 2.43. The maximum atomic E-state index is 5.71. The van der Waals surface area contributed by atoms with E-state index in [1.807, 2.05) is 18.2 Å². The van der Waals surface area contributed by atoms with Gasteiger partial charge in [-0.3, -0.25) is 0 Å². The smallest absolute Gasteiger partial charge is 0.126 e. The highest BCUT2D eigenvalue weighted by atomic mass is 127. The summed E-state index contributed by atoms with van der Waals surface area (Å²) in [6, 6.07) is 5.95. The van der Waals surface area contributed by atoms with Crippen molar-refractivity contribution in [3.8, 4) is 11.5 Å². The van der Waals surface area contributed by atoms with E-state index in [1.54, 1.807) is 7.11 Å². The van der Waals surface area contributed by atoms with Crippen molar-refractivity contribution in [3.63, 3.8) is 0 Å². The maximum absolute atomic E-state index is 5.71. The number of methoxy groups -OCH3 is 1. The van der Waals surface area contributed by atoms with E-state index in [0.29, 0.717) is 6.10 Å². The molecule has 3 heteroatoms. The minimum Gasteiger partial charge on any atom is -0.496 e. The first-order valence-electron chi connectivity index (χ1n) is 4.23. The van der Waals surface area contributed by atoms with Crippen molar-refractivity contribution >= 4 is 22.6 Å². The van der Waals surface area contributed by atoms with Gasteiger partial charge in [-0.1, -0.05) is 28.7 Å². The van der Waals surface area contributed by atoms with Gasteiger partial charge in [0.2, 0.25) is 0 Å². The molecule has 0 aromatic heterocycles. The van der Waals surface area contributed by atoms with Crippen LogP contribution in [0.1, 0.15) is 5.56 Å². The lowest BCUT2D eigenvalue weighted by Gasteiger charge is -2.04. The summed E-state index contributed by atoms with van der Waals surface area (Å²) in [4.78, 5) is 0. The van der Waals surface area contributed by atoms with E-state index in [2.05, 4.69) is 22.6 Å². The van der Waals surface area contributed by atoms with Crippen LogP contribution in [0.5, 0.6) is 11.5 Å². The lowest BCUT2D eigenvalue weighted by atomic mass is 10.1. The van der Waals surface area contributed by atoms with Crippen LogP contribution in [0.2, 0.25) is 0 Å². The molecule has 1 aromatic rings. The Morgan fingerprint density at radius 3 is 3.15 bits per heavy atom. The van der Waals surface area contributed by atoms with Gasteiger partial charge >= 0.3 is 0 Å². The summed E-state index contributed by atoms with van der Waals surface area (Å²) in [6.07, 6.45) is 1.30. The van der Waals surface area contributed by atoms with Crippen LogP contribution in [0.25, 0.3) is 0 Å². The molecular weight excluding hydrogens is 279 g/mol. The maximum Gasteiger partial charge on any atom is 0.126 e. The summed E-state index contributed by atoms with van der Waals surface area (Å²) in [7, 11) is 1.70. The van der Waals surface area contributed by atoms with Crippen LogP contribution in [0.4, 0.5) is 0 Å². The number of hydrogen-bond acceptors (Lipinski definition) is 2. The van der Waals surface area contributed by atoms with Crippen LogP contribution < -0.4 is 9.47 Å². The van der Waals surface area contributed by atoms with E-state index in [1.165, 1.54) is 5.56 Å². The van der Waals surface area contributed by atoms with Crippen LogP contribution in [0, 0.1) is 0 Å². The molecule has 1 aliphatic rings. The number of rotatable bonds is 2. The molecule has 0 saturated carbocycles.